The molecule has 0 aliphatic rings. The first-order valence-electron chi connectivity index (χ1n) is 7.03. The molecule has 0 amide bonds. The van der Waals surface area contributed by atoms with Gasteiger partial charge in [-0.2, -0.15) is 0 Å². The van der Waals surface area contributed by atoms with Crippen molar-refractivity contribution in [2.75, 3.05) is 0 Å². The molecule has 0 fully saturated rings. The van der Waals surface area contributed by atoms with Gasteiger partial charge >= 0.3 is 0 Å². The minimum atomic E-state index is 0.474. The van der Waals surface area contributed by atoms with E-state index in [0.29, 0.717) is 6.54 Å². The summed E-state index contributed by atoms with van der Waals surface area (Å²) in [6.45, 7) is 6.79. The van der Waals surface area contributed by atoms with Crippen LogP contribution in [0.25, 0.3) is 16.2 Å². The van der Waals surface area contributed by atoms with Crippen LogP contribution in [0.15, 0.2) is 18.2 Å². The quantitative estimate of drug-likeness (QED) is 0.779. The van der Waals surface area contributed by atoms with Crippen LogP contribution in [0, 0.1) is 13.8 Å². The zero-order valence-corrected chi connectivity index (χ0v) is 14.0. The van der Waals surface area contributed by atoms with Crippen molar-refractivity contribution in [3.63, 3.8) is 0 Å². The van der Waals surface area contributed by atoms with Crippen LogP contribution >= 0.6 is 22.9 Å². The average molecular weight is 320 g/mol. The summed E-state index contributed by atoms with van der Waals surface area (Å²) in [5.74, 6) is 0. The maximum atomic E-state index is 6.12. The highest BCUT2D eigenvalue weighted by atomic mass is 35.5. The van der Waals surface area contributed by atoms with Crippen molar-refractivity contribution in [1.82, 2.24) is 9.38 Å². The molecule has 0 atom stereocenters. The lowest BCUT2D eigenvalue weighted by Crippen LogP contribution is -2.04. The first-order chi connectivity index (χ1) is 10.1. The highest BCUT2D eigenvalue weighted by Crippen LogP contribution is 2.32. The molecule has 0 unspecified atom stereocenters. The Morgan fingerprint density at radius 2 is 2.05 bits per heavy atom. The zero-order valence-electron chi connectivity index (χ0n) is 12.4. The van der Waals surface area contributed by atoms with E-state index in [1.807, 2.05) is 19.1 Å². The molecule has 21 heavy (non-hydrogen) atoms. The lowest BCUT2D eigenvalue weighted by atomic mass is 10.1. The summed E-state index contributed by atoms with van der Waals surface area (Å²) < 4.78 is 2.22. The molecule has 0 radical (unpaired) electrons. The summed E-state index contributed by atoms with van der Waals surface area (Å²) in [5, 5.41) is 0.777. The van der Waals surface area contributed by atoms with E-state index in [4.69, 9.17) is 22.3 Å². The van der Waals surface area contributed by atoms with E-state index < -0.39 is 0 Å². The summed E-state index contributed by atoms with van der Waals surface area (Å²) in [4.78, 5) is 7.15. The van der Waals surface area contributed by atoms with Crippen molar-refractivity contribution in [3.8, 4) is 11.3 Å². The van der Waals surface area contributed by atoms with Crippen LogP contribution in [0.4, 0.5) is 0 Å². The molecule has 0 spiro atoms. The second-order valence-corrected chi connectivity index (χ2v) is 6.74. The van der Waals surface area contributed by atoms with Crippen molar-refractivity contribution in [1.29, 1.82) is 0 Å². The number of aromatic nitrogens is 2. The number of hydrogen-bond acceptors (Lipinski definition) is 3. The molecule has 2 aromatic heterocycles. The minimum Gasteiger partial charge on any atom is -0.325 e. The monoisotopic (exact) mass is 319 g/mol. The van der Waals surface area contributed by atoms with Crippen molar-refractivity contribution >= 4 is 27.9 Å². The number of rotatable bonds is 3. The van der Waals surface area contributed by atoms with E-state index in [1.54, 1.807) is 11.3 Å². The van der Waals surface area contributed by atoms with Crippen molar-refractivity contribution in [3.05, 3.63) is 45.1 Å². The van der Waals surface area contributed by atoms with E-state index in [9.17, 15) is 0 Å². The predicted molar refractivity (Wildman–Crippen MR) is 90.3 cm³/mol. The van der Waals surface area contributed by atoms with Gasteiger partial charge < -0.3 is 5.73 Å². The molecule has 3 nitrogen and oxygen atoms in total. The number of hydrogen-bond donors (Lipinski definition) is 1. The Kier molecular flexibility index (Phi) is 3.78. The molecule has 0 aliphatic carbocycles. The number of imidazole rings is 1. The van der Waals surface area contributed by atoms with Gasteiger partial charge in [0.15, 0.2) is 4.96 Å². The maximum Gasteiger partial charge on any atom is 0.194 e. The van der Waals surface area contributed by atoms with Gasteiger partial charge in [0.05, 0.1) is 11.4 Å². The Morgan fingerprint density at radius 3 is 2.67 bits per heavy atom. The smallest absolute Gasteiger partial charge is 0.194 e. The first-order valence-corrected chi connectivity index (χ1v) is 8.22. The van der Waals surface area contributed by atoms with E-state index >= 15 is 0 Å². The SMILES string of the molecule is CCc1c(C)sc2nc(-c3ccc(Cl)c(C)c3)c(CN)n12. The third-order valence-electron chi connectivity index (χ3n) is 3.82. The summed E-state index contributed by atoms with van der Waals surface area (Å²) in [6.07, 6.45) is 0.980. The van der Waals surface area contributed by atoms with Crippen LogP contribution in [0.2, 0.25) is 5.02 Å². The van der Waals surface area contributed by atoms with E-state index in [0.717, 1.165) is 38.9 Å². The highest BCUT2D eigenvalue weighted by molar-refractivity contribution is 7.17. The lowest BCUT2D eigenvalue weighted by molar-refractivity contribution is 0.902. The van der Waals surface area contributed by atoms with Crippen LogP contribution in [-0.2, 0) is 13.0 Å². The van der Waals surface area contributed by atoms with E-state index in [2.05, 4.69) is 24.3 Å². The normalized spacial score (nSPS) is 11.5. The van der Waals surface area contributed by atoms with Crippen molar-refractivity contribution < 1.29 is 0 Å². The van der Waals surface area contributed by atoms with Crippen LogP contribution in [0.3, 0.4) is 0 Å². The van der Waals surface area contributed by atoms with Gasteiger partial charge in [0.25, 0.3) is 0 Å². The van der Waals surface area contributed by atoms with Gasteiger partial charge in [-0.3, -0.25) is 4.40 Å². The van der Waals surface area contributed by atoms with E-state index in [-0.39, 0.29) is 0 Å². The third kappa shape index (κ3) is 2.27. The molecular formula is C16H18ClN3S. The summed E-state index contributed by atoms with van der Waals surface area (Å²) in [5.41, 5.74) is 11.5. The van der Waals surface area contributed by atoms with Gasteiger partial charge in [-0.25, -0.2) is 4.98 Å². The zero-order chi connectivity index (χ0) is 15.1. The van der Waals surface area contributed by atoms with Crippen molar-refractivity contribution in [2.45, 2.75) is 33.7 Å². The molecule has 1 aromatic carbocycles. The minimum absolute atomic E-state index is 0.474. The van der Waals surface area contributed by atoms with Crippen LogP contribution in [0.1, 0.15) is 28.8 Å². The molecule has 5 heteroatoms. The fourth-order valence-corrected chi connectivity index (χ4v) is 3.94. The number of benzene rings is 1. The second kappa shape index (κ2) is 5.44. The van der Waals surface area contributed by atoms with Gasteiger partial charge in [0.2, 0.25) is 0 Å². The molecule has 3 rings (SSSR count). The third-order valence-corrected chi connectivity index (χ3v) is 5.24. The standard InChI is InChI=1S/C16H18ClN3S/c1-4-13-10(3)21-16-19-15(14(8-18)20(13)16)11-5-6-12(17)9(2)7-11/h5-7H,4,8,18H2,1-3H3. The van der Waals surface area contributed by atoms with Gasteiger partial charge in [0.1, 0.15) is 0 Å². The molecule has 110 valence electrons. The molecule has 0 saturated heterocycles. The fraction of sp³-hybridized carbons (Fsp3) is 0.312. The van der Waals surface area contributed by atoms with Gasteiger partial charge in [-0.05, 0) is 38.0 Å². The molecule has 0 saturated carbocycles. The van der Waals surface area contributed by atoms with Crippen LogP contribution < -0.4 is 5.73 Å². The Bertz CT molecular complexity index is 817. The molecule has 0 bridgehead atoms. The summed E-state index contributed by atoms with van der Waals surface area (Å²) in [6, 6.07) is 6.01. The molecule has 2 heterocycles. The Morgan fingerprint density at radius 1 is 1.29 bits per heavy atom. The largest absolute Gasteiger partial charge is 0.325 e. The van der Waals surface area contributed by atoms with E-state index in [1.165, 1.54) is 10.6 Å². The predicted octanol–water partition coefficient (Wildman–Crippen LogP) is 4.35. The average Bonchev–Trinajstić information content (AvgIpc) is 2.95. The number of thiazole rings is 1. The number of aryl methyl sites for hydroxylation is 3. The van der Waals surface area contributed by atoms with Crippen LogP contribution in [-0.4, -0.2) is 9.38 Å². The molecule has 2 N–H and O–H groups in total. The van der Waals surface area contributed by atoms with Crippen molar-refractivity contribution in [2.24, 2.45) is 5.73 Å². The van der Waals surface area contributed by atoms with Gasteiger partial charge in [-0.15, -0.1) is 11.3 Å². The second-order valence-electron chi connectivity index (χ2n) is 5.15. The Hall–Kier alpha value is -1.36. The first kappa shape index (κ1) is 14.6. The molecular weight excluding hydrogens is 302 g/mol. The molecule has 3 aromatic rings. The molecule has 0 aliphatic heterocycles. The summed E-state index contributed by atoms with van der Waals surface area (Å²) >= 11 is 7.85. The fourth-order valence-electron chi connectivity index (χ4n) is 2.75. The Labute approximate surface area is 133 Å². The topological polar surface area (TPSA) is 43.3 Å². The van der Waals surface area contributed by atoms with Crippen LogP contribution in [0.5, 0.6) is 0 Å². The lowest BCUT2D eigenvalue weighted by Gasteiger charge is -2.06. The van der Waals surface area contributed by atoms with Gasteiger partial charge in [-0.1, -0.05) is 24.6 Å². The number of fused-ring (bicyclic) bond motifs is 1. The highest BCUT2D eigenvalue weighted by Gasteiger charge is 2.18. The number of nitrogens with two attached hydrogens (primary N) is 1. The number of nitrogens with zero attached hydrogens (tertiary/aromatic N) is 2. The number of halogens is 1. The van der Waals surface area contributed by atoms with Gasteiger partial charge in [0, 0.05) is 27.7 Å². The maximum absolute atomic E-state index is 6.12. The summed E-state index contributed by atoms with van der Waals surface area (Å²) in [7, 11) is 0. The Balaban J connectivity index is 2.27.